The summed E-state index contributed by atoms with van der Waals surface area (Å²) in [6.07, 6.45) is 7.93. The molecule has 0 heterocycles. The number of halogens is 3. The Morgan fingerprint density at radius 2 is 1.86 bits per heavy atom. The van der Waals surface area contributed by atoms with E-state index in [1.807, 2.05) is 6.07 Å². The summed E-state index contributed by atoms with van der Waals surface area (Å²) in [5.41, 5.74) is 8.37. The van der Waals surface area contributed by atoms with Gasteiger partial charge < -0.3 is 15.8 Å². The quantitative estimate of drug-likeness (QED) is 0.769. The zero-order valence-electron chi connectivity index (χ0n) is 15.9. The van der Waals surface area contributed by atoms with Crippen molar-refractivity contribution in [1.29, 1.82) is 0 Å². The van der Waals surface area contributed by atoms with Crippen molar-refractivity contribution >= 4 is 18.3 Å². The molecule has 0 aliphatic heterocycles. The van der Waals surface area contributed by atoms with Crippen molar-refractivity contribution in [3.63, 3.8) is 0 Å². The largest absolute Gasteiger partial charge is 0.435 e. The third-order valence-electron chi connectivity index (χ3n) is 6.75. The number of aryl methyl sites for hydroxylation is 1. The van der Waals surface area contributed by atoms with Gasteiger partial charge >= 0.3 is 6.61 Å². The van der Waals surface area contributed by atoms with Crippen LogP contribution < -0.4 is 15.8 Å². The van der Waals surface area contributed by atoms with Crippen molar-refractivity contribution in [3.8, 4) is 5.75 Å². The van der Waals surface area contributed by atoms with Crippen LogP contribution in [0.1, 0.15) is 62.1 Å². The van der Waals surface area contributed by atoms with Crippen molar-refractivity contribution < 1.29 is 18.3 Å². The molecular formula is C21H29ClF2N2O2. The monoisotopic (exact) mass is 414 g/mol. The van der Waals surface area contributed by atoms with Crippen LogP contribution in [-0.2, 0) is 11.2 Å². The number of carbonyl (C=O) groups excluding carboxylic acids is 1. The van der Waals surface area contributed by atoms with Crippen LogP contribution in [0.3, 0.4) is 0 Å². The first-order chi connectivity index (χ1) is 13.0. The molecular weight excluding hydrogens is 386 g/mol. The maximum Gasteiger partial charge on any atom is 0.387 e. The van der Waals surface area contributed by atoms with Crippen molar-refractivity contribution in [1.82, 2.24) is 5.32 Å². The number of amides is 1. The molecule has 0 saturated heterocycles. The SMILES string of the molecule is Cl.NC1C2CCCC1CC(C(=O)NC1CCCc3cc(OC(F)F)ccc31)C2. The molecule has 1 aromatic carbocycles. The van der Waals surface area contributed by atoms with E-state index in [2.05, 4.69) is 10.1 Å². The molecule has 4 rings (SSSR count). The van der Waals surface area contributed by atoms with Crippen LogP contribution in [0.15, 0.2) is 18.2 Å². The van der Waals surface area contributed by atoms with Crippen LogP contribution >= 0.6 is 12.4 Å². The lowest BCUT2D eigenvalue weighted by atomic mass is 9.65. The van der Waals surface area contributed by atoms with Crippen molar-refractivity contribution in [3.05, 3.63) is 29.3 Å². The summed E-state index contributed by atoms with van der Waals surface area (Å²) in [4.78, 5) is 13.0. The minimum Gasteiger partial charge on any atom is -0.435 e. The first-order valence-corrected chi connectivity index (χ1v) is 10.1. The Bertz CT molecular complexity index is 689. The lowest BCUT2D eigenvalue weighted by molar-refractivity contribution is -0.128. The predicted octanol–water partition coefficient (Wildman–Crippen LogP) is 4.36. The highest BCUT2D eigenvalue weighted by Gasteiger charge is 2.41. The van der Waals surface area contributed by atoms with Crippen LogP contribution in [0.4, 0.5) is 8.78 Å². The molecule has 4 nitrogen and oxygen atoms in total. The van der Waals surface area contributed by atoms with E-state index in [-0.39, 0.29) is 42.1 Å². The topological polar surface area (TPSA) is 64.4 Å². The predicted molar refractivity (Wildman–Crippen MR) is 106 cm³/mol. The molecule has 1 amide bonds. The minimum atomic E-state index is -2.82. The summed E-state index contributed by atoms with van der Waals surface area (Å²) >= 11 is 0. The van der Waals surface area contributed by atoms with Gasteiger partial charge in [0, 0.05) is 12.0 Å². The number of rotatable bonds is 4. The van der Waals surface area contributed by atoms with E-state index in [0.717, 1.165) is 56.1 Å². The maximum absolute atomic E-state index is 13.0. The zero-order valence-corrected chi connectivity index (χ0v) is 16.7. The number of hydrogen-bond donors (Lipinski definition) is 2. The first-order valence-electron chi connectivity index (χ1n) is 10.1. The minimum absolute atomic E-state index is 0. The first kappa shape index (κ1) is 21.3. The molecule has 3 unspecified atom stereocenters. The molecule has 3 aliphatic carbocycles. The van der Waals surface area contributed by atoms with E-state index in [4.69, 9.17) is 5.73 Å². The summed E-state index contributed by atoms with van der Waals surface area (Å²) in [5, 5.41) is 3.24. The fourth-order valence-corrected chi connectivity index (χ4v) is 5.41. The van der Waals surface area contributed by atoms with E-state index in [1.54, 1.807) is 12.1 Å². The van der Waals surface area contributed by atoms with Gasteiger partial charge in [0.05, 0.1) is 6.04 Å². The smallest absolute Gasteiger partial charge is 0.387 e. The van der Waals surface area contributed by atoms with Crippen molar-refractivity contribution in [2.45, 2.75) is 70.1 Å². The van der Waals surface area contributed by atoms with Crippen molar-refractivity contribution in [2.75, 3.05) is 0 Å². The van der Waals surface area contributed by atoms with Gasteiger partial charge in [-0.15, -0.1) is 12.4 Å². The molecule has 0 aromatic heterocycles. The number of hydrogen-bond acceptors (Lipinski definition) is 3. The Labute approximate surface area is 171 Å². The van der Waals surface area contributed by atoms with E-state index < -0.39 is 6.61 Å². The third-order valence-corrected chi connectivity index (χ3v) is 6.75. The summed E-state index contributed by atoms with van der Waals surface area (Å²) in [5.74, 6) is 1.31. The number of fused-ring (bicyclic) bond motifs is 3. The number of nitrogens with two attached hydrogens (primary N) is 1. The van der Waals surface area contributed by atoms with Gasteiger partial charge in [-0.2, -0.15) is 8.78 Å². The Morgan fingerprint density at radius 3 is 2.54 bits per heavy atom. The Morgan fingerprint density at radius 1 is 1.14 bits per heavy atom. The van der Waals surface area contributed by atoms with Gasteiger partial charge in [-0.3, -0.25) is 4.79 Å². The average Bonchev–Trinajstić information content (AvgIpc) is 2.61. The summed E-state index contributed by atoms with van der Waals surface area (Å²) < 4.78 is 29.4. The van der Waals surface area contributed by atoms with E-state index in [1.165, 1.54) is 6.42 Å². The molecule has 7 heteroatoms. The molecule has 156 valence electrons. The fourth-order valence-electron chi connectivity index (χ4n) is 5.41. The van der Waals surface area contributed by atoms with Gasteiger partial charge in [-0.1, -0.05) is 12.5 Å². The molecule has 2 bridgehead atoms. The lowest BCUT2D eigenvalue weighted by Crippen LogP contribution is -2.49. The average molecular weight is 415 g/mol. The fraction of sp³-hybridized carbons (Fsp3) is 0.667. The second-order valence-corrected chi connectivity index (χ2v) is 8.39. The normalized spacial score (nSPS) is 31.5. The summed E-state index contributed by atoms with van der Waals surface area (Å²) in [6, 6.07) is 5.29. The van der Waals surface area contributed by atoms with E-state index >= 15 is 0 Å². The molecule has 3 atom stereocenters. The highest BCUT2D eigenvalue weighted by atomic mass is 35.5. The zero-order chi connectivity index (χ0) is 19.0. The van der Waals surface area contributed by atoms with Gasteiger partial charge in [0.2, 0.25) is 5.91 Å². The van der Waals surface area contributed by atoms with Gasteiger partial charge in [0.25, 0.3) is 0 Å². The van der Waals surface area contributed by atoms with Crippen LogP contribution in [0.5, 0.6) is 5.75 Å². The number of benzene rings is 1. The lowest BCUT2D eigenvalue weighted by Gasteiger charge is -2.44. The number of ether oxygens (including phenoxy) is 1. The van der Waals surface area contributed by atoms with Crippen LogP contribution in [0.2, 0.25) is 0 Å². The molecule has 3 aliphatic rings. The van der Waals surface area contributed by atoms with Crippen molar-refractivity contribution in [2.24, 2.45) is 23.5 Å². The van der Waals surface area contributed by atoms with Gasteiger partial charge in [-0.25, -0.2) is 0 Å². The number of nitrogens with one attached hydrogen (secondary N) is 1. The van der Waals surface area contributed by atoms with E-state index in [0.29, 0.717) is 11.8 Å². The van der Waals surface area contributed by atoms with Gasteiger partial charge in [0.1, 0.15) is 5.75 Å². The Balaban J connectivity index is 0.00000225. The summed E-state index contributed by atoms with van der Waals surface area (Å²) in [6.45, 7) is -2.82. The van der Waals surface area contributed by atoms with Gasteiger partial charge in [-0.05, 0) is 80.0 Å². The highest BCUT2D eigenvalue weighted by molar-refractivity contribution is 5.85. The van der Waals surface area contributed by atoms with Crippen LogP contribution in [0.25, 0.3) is 0 Å². The second kappa shape index (κ2) is 8.95. The second-order valence-electron chi connectivity index (χ2n) is 8.39. The molecule has 1 aromatic rings. The standard InChI is InChI=1S/C21H28F2N2O2.ClH/c22-21(23)27-16-7-8-17-12(11-16)3-2-6-18(17)25-20(26)15-9-13-4-1-5-14(10-15)19(13)24;/h7-8,11,13-15,18-19,21H,1-6,9-10,24H2,(H,25,26);1H. The van der Waals surface area contributed by atoms with Crippen LogP contribution in [0, 0.1) is 17.8 Å². The summed E-state index contributed by atoms with van der Waals surface area (Å²) in [7, 11) is 0. The number of carbonyl (C=O) groups is 1. The maximum atomic E-state index is 13.0. The molecule has 0 radical (unpaired) electrons. The third kappa shape index (κ3) is 4.43. The Hall–Kier alpha value is -1.40. The Kier molecular flexibility index (Phi) is 6.81. The molecule has 3 N–H and O–H groups in total. The van der Waals surface area contributed by atoms with Gasteiger partial charge in [0.15, 0.2) is 0 Å². The van der Waals surface area contributed by atoms with E-state index in [9.17, 15) is 13.6 Å². The highest BCUT2D eigenvalue weighted by Crippen LogP contribution is 2.42. The molecule has 2 saturated carbocycles. The molecule has 2 fully saturated rings. The number of alkyl halides is 2. The van der Waals surface area contributed by atoms with Crippen LogP contribution in [-0.4, -0.2) is 18.6 Å². The molecule has 0 spiro atoms. The molecule has 28 heavy (non-hydrogen) atoms.